The number of carboxylic acid groups (broad SMARTS) is 1. The number of rotatable bonds is 5. The Morgan fingerprint density at radius 2 is 2.21 bits per heavy atom. The summed E-state index contributed by atoms with van der Waals surface area (Å²) in [6.07, 6.45) is 4.34. The zero-order valence-corrected chi connectivity index (χ0v) is 17.1. The van der Waals surface area contributed by atoms with E-state index < -0.39 is 5.97 Å². The average molecular weight is 441 g/mol. The first-order chi connectivity index (χ1) is 13.5. The van der Waals surface area contributed by atoms with Gasteiger partial charge in [-0.3, -0.25) is 14.7 Å². The van der Waals surface area contributed by atoms with Crippen molar-refractivity contribution in [1.29, 1.82) is 0 Å². The molecule has 3 aromatic rings. The van der Waals surface area contributed by atoms with Crippen LogP contribution in [0.4, 0.5) is 11.5 Å². The van der Waals surface area contributed by atoms with Gasteiger partial charge in [-0.1, -0.05) is 22.0 Å². The van der Waals surface area contributed by atoms with Crippen LogP contribution in [0.5, 0.6) is 0 Å². The number of pyridine rings is 2. The van der Waals surface area contributed by atoms with Crippen LogP contribution in [-0.4, -0.2) is 39.0 Å². The van der Waals surface area contributed by atoms with Crippen LogP contribution in [0, 0.1) is 12.8 Å². The smallest absolute Gasteiger partial charge is 0.307 e. The van der Waals surface area contributed by atoms with Gasteiger partial charge in [0.25, 0.3) is 0 Å². The van der Waals surface area contributed by atoms with Crippen LogP contribution in [0.25, 0.3) is 10.9 Å². The van der Waals surface area contributed by atoms with Gasteiger partial charge >= 0.3 is 5.97 Å². The molecular formula is C21H21BrN4O2. The molecule has 1 unspecified atom stereocenters. The molecule has 0 bridgehead atoms. The molecule has 1 atom stereocenters. The highest BCUT2D eigenvalue weighted by Crippen LogP contribution is 2.29. The Labute approximate surface area is 171 Å². The van der Waals surface area contributed by atoms with Gasteiger partial charge in [0.05, 0.1) is 5.92 Å². The van der Waals surface area contributed by atoms with Crippen molar-refractivity contribution in [3.05, 3.63) is 58.3 Å². The monoisotopic (exact) mass is 440 g/mol. The molecule has 7 heteroatoms. The number of nitrogens with one attached hydrogen (secondary N) is 1. The van der Waals surface area contributed by atoms with Crippen molar-refractivity contribution >= 4 is 44.3 Å². The Morgan fingerprint density at radius 3 is 3.00 bits per heavy atom. The molecule has 6 nitrogen and oxygen atoms in total. The van der Waals surface area contributed by atoms with E-state index in [1.165, 1.54) is 0 Å². The maximum absolute atomic E-state index is 11.2. The van der Waals surface area contributed by atoms with Crippen molar-refractivity contribution < 1.29 is 9.90 Å². The molecule has 0 aliphatic carbocycles. The molecule has 0 amide bonds. The highest BCUT2D eigenvalue weighted by Gasteiger charge is 2.27. The molecule has 0 radical (unpaired) electrons. The second-order valence-electron chi connectivity index (χ2n) is 7.17. The molecule has 1 aliphatic heterocycles. The Hall–Kier alpha value is -2.51. The second kappa shape index (κ2) is 7.85. The fourth-order valence-electron chi connectivity index (χ4n) is 3.59. The number of fused-ring (bicyclic) bond motifs is 1. The zero-order chi connectivity index (χ0) is 19.7. The third kappa shape index (κ3) is 3.86. The normalized spacial score (nSPS) is 17.1. The number of benzene rings is 1. The van der Waals surface area contributed by atoms with Gasteiger partial charge in [0.15, 0.2) is 5.82 Å². The maximum atomic E-state index is 11.2. The van der Waals surface area contributed by atoms with E-state index in [1.807, 2.05) is 37.4 Å². The molecule has 144 valence electrons. The number of nitrogens with zero attached hydrogens (tertiary/aromatic N) is 3. The first-order valence-corrected chi connectivity index (χ1v) is 10.0. The van der Waals surface area contributed by atoms with Crippen LogP contribution in [-0.2, 0) is 11.3 Å². The lowest BCUT2D eigenvalue weighted by Gasteiger charge is -2.16. The lowest BCUT2D eigenvalue weighted by Crippen LogP contribution is -2.22. The minimum atomic E-state index is -0.705. The second-order valence-corrected chi connectivity index (χ2v) is 8.03. The molecule has 2 N–H and O–H groups in total. The van der Waals surface area contributed by atoms with Crippen molar-refractivity contribution in [1.82, 2.24) is 14.9 Å². The van der Waals surface area contributed by atoms with E-state index in [2.05, 4.69) is 42.2 Å². The van der Waals surface area contributed by atoms with E-state index in [0.717, 1.165) is 44.6 Å². The number of aliphatic carboxylic acids is 1. The standard InChI is InChI=1S/C21H21BrN4O2/c1-13-17(22)3-2-4-18(13)25-20-19-15(5-7-23-20)9-14(10-24-19)11-26-8-6-16(12-26)21(27)28/h2-5,7,9-10,16H,6,8,11-12H2,1H3,(H,23,25)(H,27,28). The number of anilines is 2. The van der Waals surface area contributed by atoms with Crippen molar-refractivity contribution in [2.75, 3.05) is 18.4 Å². The summed E-state index contributed by atoms with van der Waals surface area (Å²) in [6, 6.07) is 10.1. The molecule has 1 fully saturated rings. The van der Waals surface area contributed by atoms with Gasteiger partial charge in [-0.15, -0.1) is 0 Å². The number of hydrogen-bond acceptors (Lipinski definition) is 5. The Kier molecular flexibility index (Phi) is 5.28. The Morgan fingerprint density at radius 1 is 1.36 bits per heavy atom. The van der Waals surface area contributed by atoms with Crippen LogP contribution in [0.2, 0.25) is 0 Å². The lowest BCUT2D eigenvalue weighted by atomic mass is 10.1. The number of hydrogen-bond donors (Lipinski definition) is 2. The largest absolute Gasteiger partial charge is 0.481 e. The fourth-order valence-corrected chi connectivity index (χ4v) is 3.96. The molecule has 4 rings (SSSR count). The number of carboxylic acids is 1. The third-order valence-electron chi connectivity index (χ3n) is 5.20. The van der Waals surface area contributed by atoms with E-state index in [4.69, 9.17) is 0 Å². The quantitative estimate of drug-likeness (QED) is 0.613. The van der Waals surface area contributed by atoms with Crippen LogP contribution in [0.1, 0.15) is 17.5 Å². The molecular weight excluding hydrogens is 420 g/mol. The number of aromatic nitrogens is 2. The van der Waals surface area contributed by atoms with Crippen molar-refractivity contribution in [3.63, 3.8) is 0 Å². The summed E-state index contributed by atoms with van der Waals surface area (Å²) < 4.78 is 1.04. The number of likely N-dealkylation sites (tertiary alicyclic amines) is 1. The summed E-state index contributed by atoms with van der Waals surface area (Å²) in [4.78, 5) is 22.4. The molecule has 1 aliphatic rings. The van der Waals surface area contributed by atoms with Gasteiger partial charge in [-0.05, 0) is 55.3 Å². The number of carbonyl (C=O) groups is 1. The Bertz CT molecular complexity index is 1040. The molecule has 1 saturated heterocycles. The van der Waals surface area contributed by atoms with Crippen LogP contribution in [0.15, 0.2) is 47.2 Å². The summed E-state index contributed by atoms with van der Waals surface area (Å²) >= 11 is 3.56. The average Bonchev–Trinajstić information content (AvgIpc) is 3.14. The Balaban J connectivity index is 1.56. The number of halogens is 1. The van der Waals surface area contributed by atoms with Crippen LogP contribution < -0.4 is 5.32 Å². The summed E-state index contributed by atoms with van der Waals surface area (Å²) in [5, 5.41) is 13.6. The summed E-state index contributed by atoms with van der Waals surface area (Å²) in [5.41, 5.74) is 3.99. The van der Waals surface area contributed by atoms with Gasteiger partial charge < -0.3 is 10.4 Å². The van der Waals surface area contributed by atoms with Gasteiger partial charge in [0, 0.05) is 41.0 Å². The molecule has 28 heavy (non-hydrogen) atoms. The van der Waals surface area contributed by atoms with Crippen LogP contribution >= 0.6 is 15.9 Å². The zero-order valence-electron chi connectivity index (χ0n) is 15.5. The van der Waals surface area contributed by atoms with E-state index in [9.17, 15) is 9.90 Å². The fraction of sp³-hybridized carbons (Fsp3) is 0.286. The lowest BCUT2D eigenvalue weighted by molar-refractivity contribution is -0.141. The van der Waals surface area contributed by atoms with E-state index >= 15 is 0 Å². The molecule has 0 spiro atoms. The molecule has 2 aromatic heterocycles. The highest BCUT2D eigenvalue weighted by atomic mass is 79.9. The topological polar surface area (TPSA) is 78.4 Å². The SMILES string of the molecule is Cc1c(Br)cccc1Nc1nccc2cc(CN3CCC(C(=O)O)C3)cnc12. The van der Waals surface area contributed by atoms with E-state index in [0.29, 0.717) is 19.5 Å². The summed E-state index contributed by atoms with van der Waals surface area (Å²) in [5.74, 6) is -0.247. The van der Waals surface area contributed by atoms with Gasteiger partial charge in [0.2, 0.25) is 0 Å². The van der Waals surface area contributed by atoms with Crippen molar-refractivity contribution in [2.45, 2.75) is 19.9 Å². The predicted octanol–water partition coefficient (Wildman–Crippen LogP) is 4.35. The summed E-state index contributed by atoms with van der Waals surface area (Å²) in [7, 11) is 0. The van der Waals surface area contributed by atoms with Crippen molar-refractivity contribution in [2.24, 2.45) is 5.92 Å². The highest BCUT2D eigenvalue weighted by molar-refractivity contribution is 9.10. The first kappa shape index (κ1) is 18.8. The first-order valence-electron chi connectivity index (χ1n) is 9.22. The molecule has 0 saturated carbocycles. The van der Waals surface area contributed by atoms with E-state index in [-0.39, 0.29) is 5.92 Å². The van der Waals surface area contributed by atoms with Gasteiger partial charge in [0.1, 0.15) is 5.52 Å². The van der Waals surface area contributed by atoms with Gasteiger partial charge in [-0.25, -0.2) is 4.98 Å². The minimum Gasteiger partial charge on any atom is -0.481 e. The van der Waals surface area contributed by atoms with Crippen molar-refractivity contribution in [3.8, 4) is 0 Å². The molecule has 3 heterocycles. The third-order valence-corrected chi connectivity index (χ3v) is 6.06. The summed E-state index contributed by atoms with van der Waals surface area (Å²) in [6.45, 7) is 4.16. The minimum absolute atomic E-state index is 0.262. The van der Waals surface area contributed by atoms with Gasteiger partial charge in [-0.2, -0.15) is 0 Å². The molecule has 1 aromatic carbocycles. The predicted molar refractivity (Wildman–Crippen MR) is 113 cm³/mol. The van der Waals surface area contributed by atoms with Crippen LogP contribution in [0.3, 0.4) is 0 Å². The van der Waals surface area contributed by atoms with E-state index in [1.54, 1.807) is 6.20 Å². The maximum Gasteiger partial charge on any atom is 0.307 e.